The van der Waals surface area contributed by atoms with Crippen LogP contribution in [0.4, 0.5) is 0 Å². The van der Waals surface area contributed by atoms with Crippen LogP contribution >= 0.6 is 0 Å². The van der Waals surface area contributed by atoms with Crippen LogP contribution in [-0.2, 0) is 53.1 Å². The number of fused-ring (bicyclic) bond motifs is 5. The summed E-state index contributed by atoms with van der Waals surface area (Å²) in [7, 11) is 2.62. The molecule has 3 heterocycles. The largest absolute Gasteiger partial charge is 0.462 e. The topological polar surface area (TPSA) is 197 Å². The first-order valence-corrected chi connectivity index (χ1v) is 22.1. The zero-order valence-corrected chi connectivity index (χ0v) is 35.8. The van der Waals surface area contributed by atoms with Crippen LogP contribution in [0.25, 0.3) is 0 Å². The molecule has 0 radical (unpaired) electrons. The summed E-state index contributed by atoms with van der Waals surface area (Å²) in [6.07, 6.45) is 7.01. The van der Waals surface area contributed by atoms with E-state index < -0.39 is 35.0 Å². The van der Waals surface area contributed by atoms with Crippen LogP contribution in [0.1, 0.15) is 92.4 Å². The monoisotopic (exact) mass is 829 g/mol. The fourth-order valence-corrected chi connectivity index (χ4v) is 10.5. The zero-order chi connectivity index (χ0) is 41.9. The molecule has 0 aromatic rings. The number of aliphatic hydroxyl groups is 1. The third kappa shape index (κ3) is 11.1. The van der Waals surface area contributed by atoms with Gasteiger partial charge in [0.05, 0.1) is 30.8 Å². The molecule has 0 bridgehead atoms. The summed E-state index contributed by atoms with van der Waals surface area (Å²) in [4.78, 5) is 30.5. The van der Waals surface area contributed by atoms with Crippen molar-refractivity contribution in [3.8, 4) is 0 Å². The predicted molar refractivity (Wildman–Crippen MR) is 208 cm³/mol. The van der Waals surface area contributed by atoms with Crippen molar-refractivity contribution < 1.29 is 65.4 Å². The third-order valence-electron chi connectivity index (χ3n) is 13.4. The normalized spacial score (nSPS) is 42.9. The molecule has 0 aromatic carbocycles. The Labute approximate surface area is 338 Å². The Morgan fingerprint density at radius 2 is 1.56 bits per heavy atom. The standard InChI is InChI=1S/C41H65NO10.H2O4S/c1-10-25-12-11-13-34(52-36-15-14-33(42(6)7)23(4)48-36)22(3)37(44)32-19-30-28(31(32)20-35(43)50-25)16-21(2)27-17-26(18-29(27)30)51-41-40(47-9)38(45)39(46-8)24(5)49-41;1-5(2,3)4/h16,19,22-31,33-34,36,38-41,45H,10-15,17-18,20H2,1-9H3;(H2,1,2,3,4)/t22-,23-,24+,25+,26-,27+,28-,29-,30-,31+,33+,34+,36+,38-,39+,40-,41+;/m1./s1. The van der Waals surface area contributed by atoms with Gasteiger partial charge in [0.25, 0.3) is 0 Å². The number of likely N-dealkylation sites (N-methyl/N-ethyl adjacent to an activating group) is 1. The number of esters is 1. The van der Waals surface area contributed by atoms with E-state index in [1.165, 1.54) is 5.57 Å². The Bertz CT molecular complexity index is 1540. The first-order valence-electron chi connectivity index (χ1n) is 20.7. The van der Waals surface area contributed by atoms with Crippen molar-refractivity contribution in [3.05, 3.63) is 23.3 Å². The third-order valence-corrected chi connectivity index (χ3v) is 13.4. The van der Waals surface area contributed by atoms with Crippen LogP contribution in [0.3, 0.4) is 0 Å². The van der Waals surface area contributed by atoms with Gasteiger partial charge in [-0.15, -0.1) is 0 Å². The fraction of sp³-hybridized carbons (Fsp3) is 0.854. The zero-order valence-electron chi connectivity index (χ0n) is 35.0. The smallest absolute Gasteiger partial charge is 0.394 e. The number of carbonyl (C=O) groups is 2. The summed E-state index contributed by atoms with van der Waals surface area (Å²) >= 11 is 0. The molecular weight excluding hydrogens is 763 g/mol. The van der Waals surface area contributed by atoms with Crippen molar-refractivity contribution in [1.82, 2.24) is 4.90 Å². The Morgan fingerprint density at radius 3 is 2.18 bits per heavy atom. The number of rotatable bonds is 8. The van der Waals surface area contributed by atoms with Gasteiger partial charge in [0.2, 0.25) is 0 Å². The van der Waals surface area contributed by atoms with Crippen molar-refractivity contribution in [2.75, 3.05) is 28.3 Å². The van der Waals surface area contributed by atoms with Crippen molar-refractivity contribution in [3.63, 3.8) is 0 Å². The average Bonchev–Trinajstić information content (AvgIpc) is 3.71. The summed E-state index contributed by atoms with van der Waals surface area (Å²) in [5.41, 5.74) is 2.03. The Kier molecular flexibility index (Phi) is 16.0. The van der Waals surface area contributed by atoms with E-state index in [4.69, 9.17) is 50.7 Å². The van der Waals surface area contributed by atoms with Gasteiger partial charge in [-0.25, -0.2) is 0 Å². The second kappa shape index (κ2) is 19.7. The number of aliphatic hydroxyl groups excluding tert-OH is 1. The van der Waals surface area contributed by atoms with Gasteiger partial charge in [-0.3, -0.25) is 18.7 Å². The molecule has 6 rings (SSSR count). The average molecular weight is 830 g/mol. The van der Waals surface area contributed by atoms with Gasteiger partial charge in [0, 0.05) is 32.1 Å². The number of hydrogen-bond donors (Lipinski definition) is 3. The van der Waals surface area contributed by atoms with Gasteiger partial charge in [-0.05, 0) is 115 Å². The van der Waals surface area contributed by atoms with E-state index in [1.54, 1.807) is 14.2 Å². The SMILES string of the molecule is CC[C@H]1CCC[C@H](O[C@H]2CC[C@H](N(C)C)[C@@H](C)O2)[C@@H](C)C(=O)C2=C[C@@H]3[C@@H](C=C(C)[C@@H]4C[C@@H](O[C@@H]5O[C@@H](C)[C@H](OC)[C@@H](O)[C@H]5OC)C[C@@H]34)[C@@H]2CC(=O)O1.O=S(=O)(O)O. The quantitative estimate of drug-likeness (QED) is 0.175. The maximum atomic E-state index is 14.7. The Balaban J connectivity index is 0.00000117. The lowest BCUT2D eigenvalue weighted by Crippen LogP contribution is -2.59. The van der Waals surface area contributed by atoms with E-state index >= 15 is 0 Å². The number of hydrogen-bond acceptors (Lipinski definition) is 13. The van der Waals surface area contributed by atoms with Gasteiger partial charge in [0.1, 0.15) is 24.4 Å². The summed E-state index contributed by atoms with van der Waals surface area (Å²) in [6.45, 7) is 10.2. The van der Waals surface area contributed by atoms with Gasteiger partial charge in [-0.1, -0.05) is 31.6 Å². The van der Waals surface area contributed by atoms with Crippen LogP contribution in [0.5, 0.6) is 0 Å². The summed E-state index contributed by atoms with van der Waals surface area (Å²) in [5, 5.41) is 11.0. The molecule has 1 saturated carbocycles. The molecule has 0 spiro atoms. The lowest BCUT2D eigenvalue weighted by Gasteiger charge is -2.42. The van der Waals surface area contributed by atoms with Crippen LogP contribution in [0.2, 0.25) is 0 Å². The number of carbonyl (C=O) groups excluding carboxylic acids is 2. The highest BCUT2D eigenvalue weighted by molar-refractivity contribution is 7.79. The maximum Gasteiger partial charge on any atom is 0.394 e. The Hall–Kier alpha value is -1.83. The molecule has 0 unspecified atom stereocenters. The highest BCUT2D eigenvalue weighted by Gasteiger charge is 2.53. The van der Waals surface area contributed by atoms with Crippen molar-refractivity contribution in [1.29, 1.82) is 0 Å². The van der Waals surface area contributed by atoms with Crippen LogP contribution in [-0.4, -0.2) is 135 Å². The number of nitrogens with zero attached hydrogens (tertiary/aromatic N) is 1. The van der Waals surface area contributed by atoms with E-state index in [0.717, 1.165) is 50.5 Å². The summed E-state index contributed by atoms with van der Waals surface area (Å²) in [5.74, 6) is -0.152. The van der Waals surface area contributed by atoms with E-state index in [9.17, 15) is 14.7 Å². The first-order chi connectivity index (χ1) is 26.8. The number of ketones is 1. The number of allylic oxidation sites excluding steroid dienone is 4. The summed E-state index contributed by atoms with van der Waals surface area (Å²) in [6, 6.07) is 0.332. The minimum atomic E-state index is -4.67. The van der Waals surface area contributed by atoms with Crippen molar-refractivity contribution in [2.45, 2.75) is 160 Å². The molecule has 16 heteroatoms. The molecule has 3 aliphatic carbocycles. The van der Waals surface area contributed by atoms with Crippen LogP contribution in [0, 0.1) is 35.5 Å². The molecule has 0 aromatic heterocycles. The van der Waals surface area contributed by atoms with Crippen molar-refractivity contribution in [2.24, 2.45) is 35.5 Å². The van der Waals surface area contributed by atoms with Gasteiger partial charge >= 0.3 is 16.4 Å². The molecule has 4 fully saturated rings. The van der Waals surface area contributed by atoms with Crippen molar-refractivity contribution >= 4 is 22.2 Å². The minimum absolute atomic E-state index is 0.0218. The van der Waals surface area contributed by atoms with Gasteiger partial charge in [-0.2, -0.15) is 8.42 Å². The summed E-state index contributed by atoms with van der Waals surface area (Å²) < 4.78 is 74.7. The molecule has 0 amide bonds. The molecule has 326 valence electrons. The van der Waals surface area contributed by atoms with E-state index in [2.05, 4.69) is 51.9 Å². The molecule has 17 atom stereocenters. The number of methoxy groups -OCH3 is 2. The minimum Gasteiger partial charge on any atom is -0.462 e. The molecular formula is C41H67NO14S. The molecule has 15 nitrogen and oxygen atoms in total. The fourth-order valence-electron chi connectivity index (χ4n) is 10.5. The lowest BCUT2D eigenvalue weighted by molar-refractivity contribution is -0.311. The van der Waals surface area contributed by atoms with Crippen LogP contribution in [0.15, 0.2) is 23.3 Å². The maximum absolute atomic E-state index is 14.7. The number of ether oxygens (including phenoxy) is 7. The number of Topliss-reactive ketones (excluding diaryl/α,β-unsaturated/α-hetero) is 1. The highest BCUT2D eigenvalue weighted by Crippen LogP contribution is 2.56. The molecule has 3 aliphatic heterocycles. The molecule has 57 heavy (non-hydrogen) atoms. The highest BCUT2D eigenvalue weighted by atomic mass is 32.3. The first kappa shape index (κ1) is 46.2. The van der Waals surface area contributed by atoms with Gasteiger partial charge in [0.15, 0.2) is 18.4 Å². The second-order valence-electron chi connectivity index (χ2n) is 17.2. The number of cyclic esters (lactones) is 1. The predicted octanol–water partition coefficient (Wildman–Crippen LogP) is 4.57. The van der Waals surface area contributed by atoms with E-state index in [-0.39, 0.29) is 90.5 Å². The lowest BCUT2D eigenvalue weighted by atomic mass is 9.67. The molecule has 3 N–H and O–H groups in total. The molecule has 3 saturated heterocycles. The van der Waals surface area contributed by atoms with E-state index in [1.807, 2.05) is 13.8 Å². The Morgan fingerprint density at radius 1 is 0.877 bits per heavy atom. The second-order valence-corrected chi connectivity index (χ2v) is 18.1. The van der Waals surface area contributed by atoms with Gasteiger partial charge < -0.3 is 43.2 Å². The van der Waals surface area contributed by atoms with Crippen LogP contribution < -0.4 is 0 Å². The van der Waals surface area contributed by atoms with E-state index in [0.29, 0.717) is 12.5 Å². The molecule has 6 aliphatic rings.